The van der Waals surface area contributed by atoms with Gasteiger partial charge < -0.3 is 21.1 Å². The predicted octanol–water partition coefficient (Wildman–Crippen LogP) is 9.89. The molecule has 9 heteroatoms. The van der Waals surface area contributed by atoms with E-state index in [1.165, 1.54) is 128 Å². The zero-order valence-corrected chi connectivity index (χ0v) is 30.5. The van der Waals surface area contributed by atoms with Gasteiger partial charge in [0.25, 0.3) is 0 Å². The summed E-state index contributed by atoms with van der Waals surface area (Å²) in [6.07, 6.45) is 32.4. The lowest BCUT2D eigenvalue weighted by atomic mass is 10.0. The summed E-state index contributed by atoms with van der Waals surface area (Å²) < 4.78 is 22.1. The van der Waals surface area contributed by atoms with Crippen molar-refractivity contribution in [3.8, 4) is 0 Å². The van der Waals surface area contributed by atoms with Crippen molar-refractivity contribution < 1.29 is 28.4 Å². The maximum atomic E-state index is 12.7. The number of aliphatic hydroxyl groups excluding tert-OH is 1. The molecule has 0 aliphatic heterocycles. The summed E-state index contributed by atoms with van der Waals surface area (Å²) in [5.41, 5.74) is 5.36. The van der Waals surface area contributed by atoms with E-state index in [0.717, 1.165) is 38.5 Å². The Hall–Kier alpha value is -0.500. The van der Waals surface area contributed by atoms with Gasteiger partial charge in [0.2, 0.25) is 5.91 Å². The van der Waals surface area contributed by atoms with Gasteiger partial charge >= 0.3 is 7.82 Å². The molecule has 0 saturated heterocycles. The molecule has 5 N–H and O–H groups in total. The summed E-state index contributed by atoms with van der Waals surface area (Å²) >= 11 is 0. The smallest absolute Gasteiger partial charge is 0.391 e. The van der Waals surface area contributed by atoms with Gasteiger partial charge in [-0.05, 0) is 12.8 Å². The second-order valence-electron chi connectivity index (χ2n) is 13.2. The molecule has 8 nitrogen and oxygen atoms in total. The highest BCUT2D eigenvalue weighted by Gasteiger charge is 2.27. The van der Waals surface area contributed by atoms with Gasteiger partial charge in [-0.2, -0.15) is 0 Å². The van der Waals surface area contributed by atoms with E-state index in [1.807, 2.05) is 0 Å². The highest BCUT2D eigenvalue weighted by atomic mass is 31.2. The molecule has 0 fully saturated rings. The average molecular weight is 663 g/mol. The molecule has 0 aliphatic rings. The van der Waals surface area contributed by atoms with Crippen molar-refractivity contribution in [3.05, 3.63) is 0 Å². The first kappa shape index (κ1) is 44.5. The first-order chi connectivity index (χ1) is 21.9. The van der Waals surface area contributed by atoms with Crippen molar-refractivity contribution in [1.29, 1.82) is 0 Å². The van der Waals surface area contributed by atoms with E-state index in [9.17, 15) is 19.4 Å². The van der Waals surface area contributed by atoms with Crippen molar-refractivity contribution in [2.45, 2.75) is 206 Å². The van der Waals surface area contributed by atoms with E-state index < -0.39 is 20.0 Å². The SMILES string of the molecule is CCCCCCCCCCCCCCCC[C@@H](O)[C@H](COP(=O)(O)OCCN)NC(=O)CCCCCCCCCCCCCC. The summed E-state index contributed by atoms with van der Waals surface area (Å²) in [6.45, 7) is 4.20. The number of amides is 1. The van der Waals surface area contributed by atoms with Gasteiger partial charge in [0, 0.05) is 13.0 Å². The molecular formula is C36H75N2O6P. The maximum absolute atomic E-state index is 12.7. The van der Waals surface area contributed by atoms with Crippen LogP contribution >= 0.6 is 7.82 Å². The minimum absolute atomic E-state index is 0.0921. The average Bonchev–Trinajstić information content (AvgIpc) is 3.02. The standard InChI is InChI=1S/C36H75N2O6P/c1-3-5-7-9-11-13-15-17-18-19-21-23-25-27-29-35(39)34(33-44-45(41,42)43-32-31-37)38-36(40)30-28-26-24-22-20-16-14-12-10-8-6-4-2/h34-35,39H,3-33,37H2,1-2H3,(H,38,40)(H,41,42)/t34-,35+/m0/s1. The number of carbonyl (C=O) groups excluding carboxylic acids is 1. The molecule has 0 aromatic rings. The number of nitrogens with two attached hydrogens (primary N) is 1. The zero-order valence-electron chi connectivity index (χ0n) is 29.6. The van der Waals surface area contributed by atoms with Gasteiger partial charge in [0.15, 0.2) is 0 Å². The molecule has 0 bridgehead atoms. The topological polar surface area (TPSA) is 131 Å². The van der Waals surface area contributed by atoms with Gasteiger partial charge in [0.05, 0.1) is 25.4 Å². The van der Waals surface area contributed by atoms with Crippen molar-refractivity contribution >= 4 is 13.7 Å². The Bertz CT molecular complexity index is 684. The molecule has 3 atom stereocenters. The molecule has 1 amide bonds. The van der Waals surface area contributed by atoms with Gasteiger partial charge in [-0.1, -0.05) is 174 Å². The van der Waals surface area contributed by atoms with Gasteiger partial charge in [-0.3, -0.25) is 13.8 Å². The summed E-state index contributed by atoms with van der Waals surface area (Å²) in [7, 11) is -4.30. The lowest BCUT2D eigenvalue weighted by Crippen LogP contribution is -2.46. The lowest BCUT2D eigenvalue weighted by molar-refractivity contribution is -0.123. The fraction of sp³-hybridized carbons (Fsp3) is 0.972. The molecule has 0 aliphatic carbocycles. The summed E-state index contributed by atoms with van der Waals surface area (Å²) in [6, 6.07) is -0.765. The summed E-state index contributed by atoms with van der Waals surface area (Å²) in [5.74, 6) is -0.161. The van der Waals surface area contributed by atoms with Crippen LogP contribution < -0.4 is 11.1 Å². The quantitative estimate of drug-likeness (QED) is 0.0388. The van der Waals surface area contributed by atoms with E-state index >= 15 is 0 Å². The molecule has 0 aromatic heterocycles. The van der Waals surface area contributed by atoms with Crippen LogP contribution in [-0.4, -0.2) is 47.8 Å². The summed E-state index contributed by atoms with van der Waals surface area (Å²) in [5, 5.41) is 13.7. The number of unbranched alkanes of at least 4 members (excludes halogenated alkanes) is 24. The number of aliphatic hydroxyl groups is 1. The van der Waals surface area contributed by atoms with Gasteiger partial charge in [0.1, 0.15) is 0 Å². The lowest BCUT2D eigenvalue weighted by Gasteiger charge is -2.25. The van der Waals surface area contributed by atoms with Crippen LogP contribution in [0, 0.1) is 0 Å². The van der Waals surface area contributed by atoms with Crippen molar-refractivity contribution in [1.82, 2.24) is 5.32 Å². The fourth-order valence-electron chi connectivity index (χ4n) is 5.78. The Morgan fingerprint density at radius 3 is 1.42 bits per heavy atom. The van der Waals surface area contributed by atoms with Crippen LogP contribution in [-0.2, 0) is 18.4 Å². The molecule has 1 unspecified atom stereocenters. The van der Waals surface area contributed by atoms with Crippen LogP contribution in [0.2, 0.25) is 0 Å². The Morgan fingerprint density at radius 2 is 1.02 bits per heavy atom. The maximum Gasteiger partial charge on any atom is 0.472 e. The first-order valence-electron chi connectivity index (χ1n) is 19.2. The number of hydrogen-bond acceptors (Lipinski definition) is 6. The molecule has 0 spiro atoms. The first-order valence-corrected chi connectivity index (χ1v) is 20.6. The molecule has 45 heavy (non-hydrogen) atoms. The van der Waals surface area contributed by atoms with Gasteiger partial charge in [-0.25, -0.2) is 4.57 Å². The zero-order chi connectivity index (χ0) is 33.3. The monoisotopic (exact) mass is 663 g/mol. The van der Waals surface area contributed by atoms with Crippen LogP contribution in [0.15, 0.2) is 0 Å². The van der Waals surface area contributed by atoms with E-state index in [2.05, 4.69) is 19.2 Å². The second kappa shape index (κ2) is 33.4. The molecular weight excluding hydrogens is 587 g/mol. The number of rotatable bonds is 36. The number of carbonyl (C=O) groups is 1. The van der Waals surface area contributed by atoms with Crippen molar-refractivity contribution in [2.24, 2.45) is 5.73 Å². The largest absolute Gasteiger partial charge is 0.472 e. The normalized spacial score (nSPS) is 14.3. The molecule has 0 heterocycles. The Labute approximate surface area is 278 Å². The highest BCUT2D eigenvalue weighted by molar-refractivity contribution is 7.47. The molecule has 0 rings (SSSR count). The number of hydrogen-bond donors (Lipinski definition) is 4. The Morgan fingerprint density at radius 1 is 0.644 bits per heavy atom. The summed E-state index contributed by atoms with van der Waals surface area (Å²) in [4.78, 5) is 22.6. The van der Waals surface area contributed by atoms with Crippen LogP contribution in [0.1, 0.15) is 194 Å². The van der Waals surface area contributed by atoms with Gasteiger partial charge in [-0.15, -0.1) is 0 Å². The molecule has 270 valence electrons. The van der Waals surface area contributed by atoms with E-state index in [4.69, 9.17) is 14.8 Å². The number of phosphoric acid groups is 1. The fourth-order valence-corrected chi connectivity index (χ4v) is 6.54. The second-order valence-corrected chi connectivity index (χ2v) is 14.6. The van der Waals surface area contributed by atoms with Crippen LogP contribution in [0.25, 0.3) is 0 Å². The van der Waals surface area contributed by atoms with E-state index in [1.54, 1.807) is 0 Å². The third-order valence-corrected chi connectivity index (χ3v) is 9.70. The van der Waals surface area contributed by atoms with Crippen LogP contribution in [0.5, 0.6) is 0 Å². The number of phosphoric ester groups is 1. The van der Waals surface area contributed by atoms with E-state index in [-0.39, 0.29) is 25.7 Å². The highest BCUT2D eigenvalue weighted by Crippen LogP contribution is 2.43. The predicted molar refractivity (Wildman–Crippen MR) is 189 cm³/mol. The number of nitrogens with one attached hydrogen (secondary N) is 1. The third kappa shape index (κ3) is 31.8. The van der Waals surface area contributed by atoms with Crippen LogP contribution in [0.3, 0.4) is 0 Å². The van der Waals surface area contributed by atoms with Crippen LogP contribution in [0.4, 0.5) is 0 Å². The van der Waals surface area contributed by atoms with Crippen molar-refractivity contribution in [3.63, 3.8) is 0 Å². The molecule has 0 saturated carbocycles. The molecule has 0 radical (unpaired) electrons. The van der Waals surface area contributed by atoms with Crippen molar-refractivity contribution in [2.75, 3.05) is 19.8 Å². The Balaban J connectivity index is 4.22. The Kier molecular flexibility index (Phi) is 33.0. The van der Waals surface area contributed by atoms with E-state index in [0.29, 0.717) is 12.8 Å². The third-order valence-electron chi connectivity index (χ3n) is 8.71. The molecule has 0 aromatic carbocycles. The minimum atomic E-state index is -4.30. The minimum Gasteiger partial charge on any atom is -0.391 e.